The largest absolute Gasteiger partial charge is 0.447 e. The van der Waals surface area contributed by atoms with E-state index in [2.05, 4.69) is 17.3 Å². The van der Waals surface area contributed by atoms with Gasteiger partial charge in [0, 0.05) is 31.4 Å². The number of hydrogen-bond acceptors (Lipinski definition) is 3. The number of amides is 1. The van der Waals surface area contributed by atoms with Crippen LogP contribution >= 0.6 is 0 Å². The second-order valence-electron chi connectivity index (χ2n) is 7.69. The number of nitrogens with zero attached hydrogens (tertiary/aromatic N) is 2. The lowest BCUT2D eigenvalue weighted by atomic mass is 9.63. The molecular formula is C17H25F2N3O2. The Balaban J connectivity index is 1.93. The average molecular weight is 341 g/mol. The minimum atomic E-state index is -2.59. The number of carbonyl (C=O) groups is 1. The van der Waals surface area contributed by atoms with Crippen molar-refractivity contribution >= 4 is 11.9 Å². The van der Waals surface area contributed by atoms with Gasteiger partial charge in [-0.2, -0.15) is 5.10 Å². The molecule has 0 unspecified atom stereocenters. The highest BCUT2D eigenvalue weighted by Gasteiger charge is 2.50. The Hall–Kier alpha value is -1.66. The summed E-state index contributed by atoms with van der Waals surface area (Å²) >= 11 is 0. The lowest BCUT2D eigenvalue weighted by Crippen LogP contribution is -2.37. The second kappa shape index (κ2) is 5.70. The minimum absolute atomic E-state index is 0.116. The van der Waals surface area contributed by atoms with Gasteiger partial charge in [-0.25, -0.2) is 13.6 Å². The highest BCUT2D eigenvalue weighted by atomic mass is 19.3. The Morgan fingerprint density at radius 3 is 2.46 bits per heavy atom. The van der Waals surface area contributed by atoms with Crippen LogP contribution in [0.4, 0.5) is 19.4 Å². The molecule has 2 aliphatic rings. The van der Waals surface area contributed by atoms with Crippen LogP contribution < -0.4 is 5.32 Å². The van der Waals surface area contributed by atoms with E-state index < -0.39 is 12.0 Å². The summed E-state index contributed by atoms with van der Waals surface area (Å²) in [6.07, 6.45) is 1.95. The van der Waals surface area contributed by atoms with E-state index in [0.29, 0.717) is 11.5 Å². The van der Waals surface area contributed by atoms with Crippen molar-refractivity contribution < 1.29 is 18.3 Å². The molecular weight excluding hydrogens is 316 g/mol. The standard InChI is InChI=1S/C17H25F2N3O2/c1-10(2)24-15(23)20-14-12(16(3)6-5-7-16)13(21-22(14)4)11-8-17(18,19)9-11/h10-11H,5-9H2,1-4H3,(H,20,23). The van der Waals surface area contributed by atoms with Gasteiger partial charge in [0.15, 0.2) is 0 Å². The lowest BCUT2D eigenvalue weighted by Gasteiger charge is -2.42. The third-order valence-electron chi connectivity index (χ3n) is 5.17. The summed E-state index contributed by atoms with van der Waals surface area (Å²) in [6.45, 7) is 5.67. The summed E-state index contributed by atoms with van der Waals surface area (Å²) in [6, 6.07) is 0. The molecule has 1 aromatic heterocycles. The number of nitrogens with one attached hydrogen (secondary N) is 1. The zero-order valence-corrected chi connectivity index (χ0v) is 14.7. The Morgan fingerprint density at radius 1 is 1.38 bits per heavy atom. The van der Waals surface area contributed by atoms with Gasteiger partial charge in [0.25, 0.3) is 0 Å². The molecule has 0 aliphatic heterocycles. The molecule has 1 N–H and O–H groups in total. The molecule has 7 heteroatoms. The number of ether oxygens (including phenoxy) is 1. The molecule has 0 aromatic carbocycles. The molecule has 5 nitrogen and oxygen atoms in total. The Morgan fingerprint density at radius 2 is 2.00 bits per heavy atom. The topological polar surface area (TPSA) is 56.1 Å². The molecule has 2 saturated carbocycles. The van der Waals surface area contributed by atoms with E-state index in [1.165, 1.54) is 0 Å². The number of alkyl halides is 2. The minimum Gasteiger partial charge on any atom is -0.447 e. The molecule has 1 aromatic rings. The molecule has 0 atom stereocenters. The number of anilines is 1. The smallest absolute Gasteiger partial charge is 0.413 e. The first-order valence-corrected chi connectivity index (χ1v) is 8.54. The van der Waals surface area contributed by atoms with Crippen LogP contribution in [-0.2, 0) is 17.2 Å². The number of carbonyl (C=O) groups excluding carboxylic acids is 1. The van der Waals surface area contributed by atoms with Gasteiger partial charge in [-0.05, 0) is 32.1 Å². The fourth-order valence-electron chi connectivity index (χ4n) is 3.72. The predicted molar refractivity (Wildman–Crippen MR) is 86.6 cm³/mol. The maximum atomic E-state index is 13.3. The molecule has 0 spiro atoms. The summed E-state index contributed by atoms with van der Waals surface area (Å²) in [7, 11) is 1.73. The van der Waals surface area contributed by atoms with Crippen LogP contribution in [0.5, 0.6) is 0 Å². The first kappa shape index (κ1) is 17.2. The fourth-order valence-corrected chi connectivity index (χ4v) is 3.72. The summed E-state index contributed by atoms with van der Waals surface area (Å²) in [5, 5.41) is 7.27. The number of rotatable bonds is 4. The first-order valence-electron chi connectivity index (χ1n) is 8.54. The monoisotopic (exact) mass is 341 g/mol. The van der Waals surface area contributed by atoms with Crippen molar-refractivity contribution in [3.63, 3.8) is 0 Å². The highest BCUT2D eigenvalue weighted by Crippen LogP contribution is 2.54. The van der Waals surface area contributed by atoms with Crippen molar-refractivity contribution in [2.75, 3.05) is 5.32 Å². The van der Waals surface area contributed by atoms with Crippen LogP contribution in [0.25, 0.3) is 0 Å². The van der Waals surface area contributed by atoms with Crippen LogP contribution in [0.3, 0.4) is 0 Å². The van der Waals surface area contributed by atoms with Crippen molar-refractivity contribution in [2.24, 2.45) is 7.05 Å². The van der Waals surface area contributed by atoms with Gasteiger partial charge in [-0.1, -0.05) is 13.3 Å². The maximum Gasteiger partial charge on any atom is 0.413 e. The summed E-state index contributed by atoms with van der Waals surface area (Å²) in [5.41, 5.74) is 1.51. The molecule has 3 rings (SSSR count). The second-order valence-corrected chi connectivity index (χ2v) is 7.69. The molecule has 2 aliphatic carbocycles. The van der Waals surface area contributed by atoms with Gasteiger partial charge in [0.1, 0.15) is 5.82 Å². The van der Waals surface area contributed by atoms with Crippen molar-refractivity contribution in [3.05, 3.63) is 11.3 Å². The average Bonchev–Trinajstić information content (AvgIpc) is 2.69. The quantitative estimate of drug-likeness (QED) is 0.887. The van der Waals surface area contributed by atoms with Crippen molar-refractivity contribution in [1.29, 1.82) is 0 Å². The van der Waals surface area contributed by atoms with E-state index in [-0.39, 0.29) is 30.3 Å². The van der Waals surface area contributed by atoms with Gasteiger partial charge in [-0.15, -0.1) is 0 Å². The SMILES string of the molecule is CC(C)OC(=O)Nc1c(C2(C)CCC2)c(C2CC(F)(F)C2)nn1C. The predicted octanol–water partition coefficient (Wildman–Crippen LogP) is 4.33. The van der Waals surface area contributed by atoms with Gasteiger partial charge in [0.2, 0.25) is 5.92 Å². The Kier molecular flexibility index (Phi) is 4.08. The molecule has 0 bridgehead atoms. The zero-order valence-electron chi connectivity index (χ0n) is 14.7. The number of aromatic nitrogens is 2. The van der Waals surface area contributed by atoms with E-state index in [0.717, 1.165) is 24.8 Å². The third-order valence-corrected chi connectivity index (χ3v) is 5.17. The van der Waals surface area contributed by atoms with E-state index >= 15 is 0 Å². The molecule has 24 heavy (non-hydrogen) atoms. The summed E-state index contributed by atoms with van der Waals surface area (Å²) < 4.78 is 33.4. The maximum absolute atomic E-state index is 13.3. The van der Waals surface area contributed by atoms with Crippen molar-refractivity contribution in [3.8, 4) is 0 Å². The summed E-state index contributed by atoms with van der Waals surface area (Å²) in [5.74, 6) is -2.26. The van der Waals surface area contributed by atoms with Crippen LogP contribution in [0.15, 0.2) is 0 Å². The first-order chi connectivity index (χ1) is 11.1. The van der Waals surface area contributed by atoms with Crippen LogP contribution in [0, 0.1) is 0 Å². The molecule has 0 saturated heterocycles. The van der Waals surface area contributed by atoms with Gasteiger partial charge in [0.05, 0.1) is 11.8 Å². The van der Waals surface area contributed by atoms with Crippen LogP contribution in [0.2, 0.25) is 0 Å². The molecule has 134 valence electrons. The summed E-state index contributed by atoms with van der Waals surface area (Å²) in [4.78, 5) is 12.0. The molecule has 1 amide bonds. The van der Waals surface area contributed by atoms with E-state index in [1.54, 1.807) is 25.6 Å². The Labute approximate surface area is 140 Å². The normalized spacial score (nSPS) is 22.0. The van der Waals surface area contributed by atoms with E-state index in [4.69, 9.17) is 4.74 Å². The third kappa shape index (κ3) is 3.00. The van der Waals surface area contributed by atoms with Gasteiger partial charge >= 0.3 is 6.09 Å². The lowest BCUT2D eigenvalue weighted by molar-refractivity contribution is -0.0880. The fraction of sp³-hybridized carbons (Fsp3) is 0.765. The van der Waals surface area contributed by atoms with E-state index in [9.17, 15) is 13.6 Å². The Bertz CT molecular complexity index is 643. The van der Waals surface area contributed by atoms with Gasteiger partial charge < -0.3 is 4.74 Å². The number of halogens is 2. The zero-order chi connectivity index (χ0) is 17.7. The highest BCUT2D eigenvalue weighted by molar-refractivity contribution is 5.85. The number of aryl methyl sites for hydroxylation is 1. The van der Waals surface area contributed by atoms with Crippen LogP contribution in [-0.4, -0.2) is 27.9 Å². The molecule has 2 fully saturated rings. The van der Waals surface area contributed by atoms with Gasteiger partial charge in [-0.3, -0.25) is 10.00 Å². The van der Waals surface area contributed by atoms with E-state index in [1.807, 2.05) is 0 Å². The van der Waals surface area contributed by atoms with Crippen molar-refractivity contribution in [1.82, 2.24) is 9.78 Å². The molecule has 1 heterocycles. The van der Waals surface area contributed by atoms with Crippen molar-refractivity contribution in [2.45, 2.75) is 76.2 Å². The van der Waals surface area contributed by atoms with Crippen LogP contribution in [0.1, 0.15) is 70.1 Å². The number of hydrogen-bond donors (Lipinski definition) is 1. The molecule has 0 radical (unpaired) electrons.